The minimum absolute atomic E-state index is 0.231. The van der Waals surface area contributed by atoms with Crippen molar-refractivity contribution in [2.24, 2.45) is 11.3 Å². The minimum atomic E-state index is -1.48. The number of nitrogens with zero attached hydrogens (tertiary/aromatic N) is 1. The molecule has 110 valence electrons. The zero-order valence-electron chi connectivity index (χ0n) is 12.1. The summed E-state index contributed by atoms with van der Waals surface area (Å²) < 4.78 is 4.74. The van der Waals surface area contributed by atoms with Gasteiger partial charge >= 0.3 is 5.97 Å². The number of esters is 1. The van der Waals surface area contributed by atoms with Crippen molar-refractivity contribution in [3.8, 4) is 0 Å². The number of Topliss-reactive ketones (excluding diaryl/α,β-unsaturated/α-hetero) is 1. The van der Waals surface area contributed by atoms with Gasteiger partial charge in [0.05, 0.1) is 12.8 Å². The molecule has 6 heteroatoms. The molecule has 6 nitrogen and oxygen atoms in total. The number of carbonyl (C=O) groups is 3. The van der Waals surface area contributed by atoms with E-state index in [0.717, 1.165) is 18.7 Å². The maximum atomic E-state index is 12.9. The zero-order valence-corrected chi connectivity index (χ0v) is 12.1. The van der Waals surface area contributed by atoms with E-state index in [1.165, 1.54) is 14.0 Å². The lowest BCUT2D eigenvalue weighted by Gasteiger charge is -2.26. The molecule has 2 fully saturated rings. The molecule has 2 aliphatic heterocycles. The van der Waals surface area contributed by atoms with Gasteiger partial charge in [-0.3, -0.25) is 9.59 Å². The molecule has 0 amide bonds. The van der Waals surface area contributed by atoms with E-state index in [9.17, 15) is 14.4 Å². The first-order chi connectivity index (χ1) is 9.86. The summed E-state index contributed by atoms with van der Waals surface area (Å²) in [6, 6.07) is 0. The first-order valence-electron chi connectivity index (χ1n) is 7.00. The van der Waals surface area contributed by atoms with E-state index in [4.69, 9.17) is 4.74 Å². The van der Waals surface area contributed by atoms with Gasteiger partial charge in [0, 0.05) is 36.4 Å². The first-order valence-corrected chi connectivity index (χ1v) is 7.00. The fraction of sp³-hybridized carbons (Fsp3) is 0.533. The van der Waals surface area contributed by atoms with Crippen LogP contribution in [0.4, 0.5) is 0 Å². The second kappa shape index (κ2) is 3.37. The van der Waals surface area contributed by atoms with Crippen molar-refractivity contribution in [1.82, 2.24) is 10.2 Å². The fourth-order valence-electron chi connectivity index (χ4n) is 4.19. The Hall–Kier alpha value is -2.11. The molecule has 0 aromatic heterocycles. The molecule has 1 saturated heterocycles. The van der Waals surface area contributed by atoms with Crippen molar-refractivity contribution < 1.29 is 19.1 Å². The molecular formula is C15H16N2O4. The van der Waals surface area contributed by atoms with Crippen LogP contribution in [0.2, 0.25) is 0 Å². The lowest BCUT2D eigenvalue weighted by molar-refractivity contribution is -0.150. The number of nitrogens with one attached hydrogen (secondary N) is 1. The molecule has 2 aliphatic carbocycles. The summed E-state index contributed by atoms with van der Waals surface area (Å²) in [5.74, 6) is -0.846. The van der Waals surface area contributed by atoms with E-state index >= 15 is 0 Å². The molecule has 2 heterocycles. The second-order valence-corrected chi connectivity index (χ2v) is 6.47. The maximum absolute atomic E-state index is 12.9. The van der Waals surface area contributed by atoms with Crippen molar-refractivity contribution in [3.63, 3.8) is 0 Å². The van der Waals surface area contributed by atoms with Gasteiger partial charge in [-0.05, 0) is 19.3 Å². The number of likely N-dealkylation sites (tertiary alicyclic amines) is 1. The number of piperidine rings is 1. The molecule has 1 saturated carbocycles. The number of methoxy groups -OCH3 is 1. The third-order valence-electron chi connectivity index (χ3n) is 5.33. The topological polar surface area (TPSA) is 75.7 Å². The Bertz CT molecular complexity index is 692. The molecule has 21 heavy (non-hydrogen) atoms. The van der Waals surface area contributed by atoms with Crippen LogP contribution in [-0.4, -0.2) is 48.7 Å². The average molecular weight is 288 g/mol. The lowest BCUT2D eigenvalue weighted by Crippen LogP contribution is -2.52. The van der Waals surface area contributed by atoms with Gasteiger partial charge < -0.3 is 15.0 Å². The molecule has 0 unspecified atom stereocenters. The molecule has 0 bridgehead atoms. The lowest BCUT2D eigenvalue weighted by atomic mass is 9.80. The van der Waals surface area contributed by atoms with Gasteiger partial charge in [-0.1, -0.05) is 0 Å². The van der Waals surface area contributed by atoms with Crippen molar-refractivity contribution in [2.75, 3.05) is 20.7 Å². The van der Waals surface area contributed by atoms with Crippen LogP contribution in [-0.2, 0) is 19.1 Å². The average Bonchev–Trinajstić information content (AvgIpc) is 2.96. The second-order valence-electron chi connectivity index (χ2n) is 6.47. The Balaban J connectivity index is 1.85. The SMILES string of the molecule is COC(=O)[C@]1(C)NC2=C(C1=O)[C@@]13C[C@@H]1CN(C)C3=CC2=O. The number of carbonyl (C=O) groups excluding carboxylic acids is 3. The Morgan fingerprint density at radius 3 is 2.86 bits per heavy atom. The molecule has 0 radical (unpaired) electrons. The number of rotatable bonds is 1. The molecule has 0 aromatic carbocycles. The molecule has 0 aromatic rings. The quantitative estimate of drug-likeness (QED) is 0.530. The Labute approximate surface area is 121 Å². The predicted molar refractivity (Wildman–Crippen MR) is 71.8 cm³/mol. The summed E-state index contributed by atoms with van der Waals surface area (Å²) in [6.45, 7) is 2.33. The predicted octanol–water partition coefficient (Wildman–Crippen LogP) is -0.237. The van der Waals surface area contributed by atoms with Crippen LogP contribution in [0.5, 0.6) is 0 Å². The van der Waals surface area contributed by atoms with Gasteiger partial charge in [0.1, 0.15) is 0 Å². The van der Waals surface area contributed by atoms with Crippen LogP contribution in [0.15, 0.2) is 23.0 Å². The van der Waals surface area contributed by atoms with E-state index in [0.29, 0.717) is 11.5 Å². The summed E-state index contributed by atoms with van der Waals surface area (Å²) in [5.41, 5.74) is -0.142. The van der Waals surface area contributed by atoms with Gasteiger partial charge in [-0.15, -0.1) is 0 Å². The summed E-state index contributed by atoms with van der Waals surface area (Å²) in [5, 5.41) is 2.84. The van der Waals surface area contributed by atoms with Gasteiger partial charge in [-0.2, -0.15) is 0 Å². The van der Waals surface area contributed by atoms with E-state index in [1.54, 1.807) is 6.08 Å². The van der Waals surface area contributed by atoms with Crippen LogP contribution in [0.25, 0.3) is 0 Å². The molecule has 3 atom stereocenters. The summed E-state index contributed by atoms with van der Waals surface area (Å²) in [4.78, 5) is 39.2. The van der Waals surface area contributed by atoms with Gasteiger partial charge in [0.15, 0.2) is 11.3 Å². The Kier molecular flexibility index (Phi) is 2.03. The number of allylic oxidation sites excluding steroid dienone is 2. The monoisotopic (exact) mass is 288 g/mol. The number of ether oxygens (including phenoxy) is 1. The summed E-state index contributed by atoms with van der Waals surface area (Å²) in [7, 11) is 3.18. The highest BCUT2D eigenvalue weighted by molar-refractivity contribution is 6.26. The fourth-order valence-corrected chi connectivity index (χ4v) is 4.19. The molecule has 4 aliphatic rings. The third-order valence-corrected chi connectivity index (χ3v) is 5.33. The Morgan fingerprint density at radius 2 is 2.19 bits per heavy atom. The number of hydrogen-bond donors (Lipinski definition) is 1. The number of ketones is 2. The summed E-state index contributed by atoms with van der Waals surface area (Å²) in [6.07, 6.45) is 2.48. The highest BCUT2D eigenvalue weighted by atomic mass is 16.5. The van der Waals surface area contributed by atoms with Crippen molar-refractivity contribution in [1.29, 1.82) is 0 Å². The van der Waals surface area contributed by atoms with Crippen LogP contribution < -0.4 is 5.32 Å². The molecule has 1 spiro atoms. The smallest absolute Gasteiger partial charge is 0.339 e. The van der Waals surface area contributed by atoms with Gasteiger partial charge in [0.25, 0.3) is 0 Å². The van der Waals surface area contributed by atoms with Crippen LogP contribution in [0.3, 0.4) is 0 Å². The molecule has 1 N–H and O–H groups in total. The molecular weight excluding hydrogens is 272 g/mol. The summed E-state index contributed by atoms with van der Waals surface area (Å²) >= 11 is 0. The van der Waals surface area contributed by atoms with Crippen molar-refractivity contribution in [2.45, 2.75) is 18.9 Å². The minimum Gasteiger partial charge on any atom is -0.467 e. The third kappa shape index (κ3) is 1.18. The zero-order chi connectivity index (χ0) is 15.2. The van der Waals surface area contributed by atoms with E-state index in [-0.39, 0.29) is 22.7 Å². The number of hydrogen-bond acceptors (Lipinski definition) is 6. The largest absolute Gasteiger partial charge is 0.467 e. The van der Waals surface area contributed by atoms with Crippen LogP contribution >= 0.6 is 0 Å². The normalized spacial score (nSPS) is 39.5. The van der Waals surface area contributed by atoms with E-state index in [2.05, 4.69) is 5.32 Å². The standard InChI is InChI=1S/C15H16N2O4/c1-14(13(20)21-3)12(19)10-11(16-14)8(18)4-9-15(10)5-7(15)6-17(9)2/h4,7,16H,5-6H2,1-3H3/t7-,14-,15+/m1/s1. The Morgan fingerprint density at radius 1 is 1.48 bits per heavy atom. The van der Waals surface area contributed by atoms with E-state index in [1.807, 2.05) is 11.9 Å². The van der Waals surface area contributed by atoms with Crippen LogP contribution in [0, 0.1) is 11.3 Å². The highest BCUT2D eigenvalue weighted by Gasteiger charge is 2.71. The maximum Gasteiger partial charge on any atom is 0.339 e. The van der Waals surface area contributed by atoms with E-state index < -0.39 is 11.5 Å². The van der Waals surface area contributed by atoms with Crippen molar-refractivity contribution in [3.05, 3.63) is 23.0 Å². The van der Waals surface area contributed by atoms with Gasteiger partial charge in [0.2, 0.25) is 5.78 Å². The van der Waals surface area contributed by atoms with Crippen molar-refractivity contribution >= 4 is 17.5 Å². The van der Waals surface area contributed by atoms with Crippen LogP contribution in [0.1, 0.15) is 13.3 Å². The first kappa shape index (κ1) is 12.6. The van der Waals surface area contributed by atoms with Gasteiger partial charge in [-0.25, -0.2) is 4.79 Å². The molecule has 4 rings (SSSR count). The highest BCUT2D eigenvalue weighted by Crippen LogP contribution is 2.70.